The molecule has 0 spiro atoms. The van der Waals surface area contributed by atoms with Gasteiger partial charge in [0, 0.05) is 24.0 Å². The molecule has 0 amide bonds. The molecule has 0 saturated carbocycles. The number of para-hydroxylation sites is 1. The van der Waals surface area contributed by atoms with Crippen LogP contribution in [-0.2, 0) is 7.05 Å². The van der Waals surface area contributed by atoms with Gasteiger partial charge in [0.25, 0.3) is 0 Å². The van der Waals surface area contributed by atoms with Crippen molar-refractivity contribution in [2.45, 2.75) is 0 Å². The van der Waals surface area contributed by atoms with Crippen LogP contribution in [0.1, 0.15) is 10.4 Å². The Kier molecular flexibility index (Phi) is 5.76. The van der Waals surface area contributed by atoms with Crippen LogP contribution in [-0.4, -0.2) is 38.1 Å². The molecule has 0 aliphatic carbocycles. The van der Waals surface area contributed by atoms with E-state index in [1.165, 1.54) is 6.20 Å². The van der Waals surface area contributed by atoms with Crippen LogP contribution < -0.4 is 15.4 Å². The second-order valence-corrected chi connectivity index (χ2v) is 6.94. The lowest BCUT2D eigenvalue weighted by molar-refractivity contribution is 0.112. The van der Waals surface area contributed by atoms with Gasteiger partial charge in [0.15, 0.2) is 17.9 Å². The monoisotopic (exact) mass is 435 g/mol. The second kappa shape index (κ2) is 8.80. The number of nitrogens with one attached hydrogen (secondary N) is 2. The third kappa shape index (κ3) is 4.46. The molecule has 0 radical (unpaired) electrons. The average Bonchev–Trinajstić information content (AvgIpc) is 3.21. The number of aryl methyl sites for hydroxylation is 1. The van der Waals surface area contributed by atoms with Crippen molar-refractivity contribution in [3.05, 3.63) is 65.6 Å². The Morgan fingerprint density at radius 3 is 2.58 bits per heavy atom. The molecule has 9 nitrogen and oxygen atoms in total. The van der Waals surface area contributed by atoms with Crippen molar-refractivity contribution in [3.63, 3.8) is 0 Å². The third-order valence-electron chi connectivity index (χ3n) is 4.36. The summed E-state index contributed by atoms with van der Waals surface area (Å²) in [6.07, 6.45) is 3.74. The van der Waals surface area contributed by atoms with Gasteiger partial charge in [0.2, 0.25) is 5.95 Å². The quantitative estimate of drug-likeness (QED) is 0.415. The van der Waals surface area contributed by atoms with E-state index in [1.807, 2.05) is 18.2 Å². The number of halogens is 1. The number of aldehydes is 1. The van der Waals surface area contributed by atoms with E-state index in [4.69, 9.17) is 16.3 Å². The fourth-order valence-corrected chi connectivity index (χ4v) is 3.05. The predicted molar refractivity (Wildman–Crippen MR) is 118 cm³/mol. The highest BCUT2D eigenvalue weighted by molar-refractivity contribution is 6.30. The summed E-state index contributed by atoms with van der Waals surface area (Å²) in [5.41, 5.74) is 2.36. The fourth-order valence-electron chi connectivity index (χ4n) is 2.92. The number of carbonyl (C=O) groups is 1. The molecule has 0 atom stereocenters. The minimum absolute atomic E-state index is 0.296. The van der Waals surface area contributed by atoms with Gasteiger partial charge in [0.1, 0.15) is 12.1 Å². The summed E-state index contributed by atoms with van der Waals surface area (Å²) in [4.78, 5) is 24.5. The number of hydrogen-bond acceptors (Lipinski definition) is 8. The predicted octanol–water partition coefficient (Wildman–Crippen LogP) is 4.23. The zero-order valence-electron chi connectivity index (χ0n) is 16.7. The van der Waals surface area contributed by atoms with Gasteiger partial charge in [-0.3, -0.25) is 9.48 Å². The number of carbonyl (C=O) groups excluding carboxylic acids is 1. The Morgan fingerprint density at radius 2 is 1.90 bits per heavy atom. The average molecular weight is 436 g/mol. The van der Waals surface area contributed by atoms with Crippen molar-refractivity contribution in [3.8, 4) is 17.1 Å². The molecule has 2 heterocycles. The first-order chi connectivity index (χ1) is 15.1. The summed E-state index contributed by atoms with van der Waals surface area (Å²) in [6.45, 7) is 0. The number of aromatic nitrogens is 5. The van der Waals surface area contributed by atoms with Gasteiger partial charge >= 0.3 is 0 Å². The maximum Gasteiger partial charge on any atom is 0.229 e. The third-order valence-corrected chi connectivity index (χ3v) is 4.61. The number of ether oxygens (including phenoxy) is 1. The first-order valence-electron chi connectivity index (χ1n) is 9.22. The van der Waals surface area contributed by atoms with Crippen molar-refractivity contribution in [1.82, 2.24) is 24.7 Å². The fraction of sp³-hybridized carbons (Fsp3) is 0.0952. The molecule has 0 aliphatic heterocycles. The molecule has 2 aromatic heterocycles. The second-order valence-electron chi connectivity index (χ2n) is 6.50. The first-order valence-corrected chi connectivity index (χ1v) is 9.60. The number of nitrogens with zero attached hydrogens (tertiary/aromatic N) is 5. The van der Waals surface area contributed by atoms with Crippen LogP contribution in [0, 0.1) is 0 Å². The lowest BCUT2D eigenvalue weighted by Crippen LogP contribution is -2.05. The minimum Gasteiger partial charge on any atom is -0.494 e. The van der Waals surface area contributed by atoms with Crippen molar-refractivity contribution in [2.24, 2.45) is 7.05 Å². The van der Waals surface area contributed by atoms with Gasteiger partial charge in [0.05, 0.1) is 23.9 Å². The van der Waals surface area contributed by atoms with Crippen LogP contribution in [0.4, 0.5) is 23.1 Å². The lowest BCUT2D eigenvalue weighted by atomic mass is 10.1. The van der Waals surface area contributed by atoms with Gasteiger partial charge in [-0.25, -0.2) is 9.97 Å². The minimum atomic E-state index is 0.296. The maximum atomic E-state index is 11.6. The highest BCUT2D eigenvalue weighted by atomic mass is 35.5. The van der Waals surface area contributed by atoms with Crippen molar-refractivity contribution >= 4 is 41.0 Å². The van der Waals surface area contributed by atoms with E-state index < -0.39 is 0 Å². The number of benzene rings is 2. The molecule has 0 bridgehead atoms. The number of anilines is 4. The summed E-state index contributed by atoms with van der Waals surface area (Å²) < 4.78 is 7.22. The molecule has 0 saturated heterocycles. The topological polar surface area (TPSA) is 107 Å². The molecular formula is C21H18ClN7O2. The molecular weight excluding hydrogens is 418 g/mol. The van der Waals surface area contributed by atoms with Crippen LogP contribution in [0.15, 0.2) is 55.0 Å². The van der Waals surface area contributed by atoms with E-state index in [-0.39, 0.29) is 0 Å². The van der Waals surface area contributed by atoms with Gasteiger partial charge in [-0.2, -0.15) is 10.1 Å². The van der Waals surface area contributed by atoms with Crippen molar-refractivity contribution < 1.29 is 9.53 Å². The molecule has 0 fully saturated rings. The van der Waals surface area contributed by atoms with E-state index in [0.717, 1.165) is 5.69 Å². The highest BCUT2D eigenvalue weighted by Gasteiger charge is 2.16. The van der Waals surface area contributed by atoms with E-state index in [1.54, 1.807) is 49.4 Å². The molecule has 31 heavy (non-hydrogen) atoms. The molecule has 4 aromatic rings. The molecule has 10 heteroatoms. The molecule has 2 aromatic carbocycles. The van der Waals surface area contributed by atoms with E-state index in [2.05, 4.69) is 30.7 Å². The van der Waals surface area contributed by atoms with Gasteiger partial charge in [-0.05, 0) is 36.4 Å². The van der Waals surface area contributed by atoms with Crippen LogP contribution in [0.5, 0.6) is 5.75 Å². The summed E-state index contributed by atoms with van der Waals surface area (Å²) in [6, 6.07) is 12.6. The molecule has 2 N–H and O–H groups in total. The van der Waals surface area contributed by atoms with Crippen LogP contribution in [0.3, 0.4) is 0 Å². The summed E-state index contributed by atoms with van der Waals surface area (Å²) in [5, 5.41) is 11.2. The lowest BCUT2D eigenvalue weighted by Gasteiger charge is -2.15. The number of rotatable bonds is 7. The Balaban J connectivity index is 1.68. The Morgan fingerprint density at radius 1 is 1.10 bits per heavy atom. The largest absolute Gasteiger partial charge is 0.494 e. The summed E-state index contributed by atoms with van der Waals surface area (Å²) in [7, 11) is 3.35. The summed E-state index contributed by atoms with van der Waals surface area (Å²) in [5.74, 6) is 1.69. The zero-order chi connectivity index (χ0) is 21.8. The summed E-state index contributed by atoms with van der Waals surface area (Å²) >= 11 is 5.93. The molecule has 0 unspecified atom stereocenters. The van der Waals surface area contributed by atoms with Gasteiger partial charge in [-0.1, -0.05) is 17.7 Å². The first kappa shape index (κ1) is 20.3. The van der Waals surface area contributed by atoms with Crippen LogP contribution in [0.25, 0.3) is 11.4 Å². The van der Waals surface area contributed by atoms with Gasteiger partial charge < -0.3 is 15.4 Å². The molecule has 0 aliphatic rings. The number of methoxy groups -OCH3 is 1. The highest BCUT2D eigenvalue weighted by Crippen LogP contribution is 2.36. The smallest absolute Gasteiger partial charge is 0.229 e. The van der Waals surface area contributed by atoms with E-state index in [9.17, 15) is 4.79 Å². The Bertz CT molecular complexity index is 1220. The Hall–Kier alpha value is -3.98. The zero-order valence-corrected chi connectivity index (χ0v) is 17.5. The molecule has 156 valence electrons. The number of hydrogen-bond donors (Lipinski definition) is 2. The Labute approximate surface area is 183 Å². The van der Waals surface area contributed by atoms with Crippen LogP contribution in [0.2, 0.25) is 5.02 Å². The normalized spacial score (nSPS) is 10.5. The SMILES string of the molecule is COc1c(Nc2nc(Nc3ccc(Cl)cc3)ncc2C=O)cccc1-c1ncn(C)n1. The molecule has 4 rings (SSSR count). The van der Waals surface area contributed by atoms with Gasteiger partial charge in [-0.15, -0.1) is 0 Å². The van der Waals surface area contributed by atoms with Crippen molar-refractivity contribution in [1.29, 1.82) is 0 Å². The van der Waals surface area contributed by atoms with E-state index in [0.29, 0.717) is 51.5 Å². The van der Waals surface area contributed by atoms with Crippen LogP contribution >= 0.6 is 11.6 Å². The van der Waals surface area contributed by atoms with Crippen molar-refractivity contribution in [2.75, 3.05) is 17.7 Å². The standard InChI is InChI=1S/C21H18ClN7O2/c1-29-12-24-20(28-29)16-4-3-5-17(18(16)31-2)26-19-13(11-30)10-23-21(27-19)25-15-8-6-14(22)7-9-15/h3-12H,1-2H3,(H2,23,25,26,27). The van der Waals surface area contributed by atoms with E-state index >= 15 is 0 Å². The maximum absolute atomic E-state index is 11.6.